The normalized spacial score (nSPS) is 18.9. The Kier molecular flexibility index (Phi) is 3.11. The van der Waals surface area contributed by atoms with Gasteiger partial charge in [-0.25, -0.2) is 0 Å². The topological polar surface area (TPSA) is 0 Å². The van der Waals surface area contributed by atoms with E-state index >= 15 is 0 Å². The maximum Gasteiger partial charge on any atom is 0.0482 e. The van der Waals surface area contributed by atoms with Gasteiger partial charge in [-0.15, -0.1) is 0 Å². The molecule has 0 amide bonds. The molecule has 108 valence electrons. The molecular weight excluding hydrogens is 264 g/mol. The SMILES string of the molecule is CC1Cc2ccccc2C1(c1ccccc1)c1ccccc1. The minimum atomic E-state index is -0.0287. The van der Waals surface area contributed by atoms with Crippen molar-refractivity contribution in [3.63, 3.8) is 0 Å². The minimum absolute atomic E-state index is 0.0287. The summed E-state index contributed by atoms with van der Waals surface area (Å²) in [5.74, 6) is 0.551. The van der Waals surface area contributed by atoms with Crippen molar-refractivity contribution in [2.24, 2.45) is 5.92 Å². The summed E-state index contributed by atoms with van der Waals surface area (Å²) in [6.07, 6.45) is 1.14. The van der Waals surface area contributed by atoms with Crippen LogP contribution < -0.4 is 0 Å². The van der Waals surface area contributed by atoms with E-state index < -0.39 is 0 Å². The fourth-order valence-electron chi connectivity index (χ4n) is 4.28. The van der Waals surface area contributed by atoms with Crippen LogP contribution in [0.1, 0.15) is 29.2 Å². The predicted octanol–water partition coefficient (Wildman–Crippen LogP) is 5.21. The zero-order valence-electron chi connectivity index (χ0n) is 12.9. The average molecular weight is 284 g/mol. The Labute approximate surface area is 132 Å². The van der Waals surface area contributed by atoms with Crippen molar-refractivity contribution in [1.29, 1.82) is 0 Å². The molecule has 3 aromatic carbocycles. The Hall–Kier alpha value is -2.34. The molecule has 0 spiro atoms. The van der Waals surface area contributed by atoms with Crippen LogP contribution >= 0.6 is 0 Å². The van der Waals surface area contributed by atoms with Gasteiger partial charge in [0.15, 0.2) is 0 Å². The van der Waals surface area contributed by atoms with E-state index in [-0.39, 0.29) is 5.41 Å². The fourth-order valence-corrected chi connectivity index (χ4v) is 4.28. The summed E-state index contributed by atoms with van der Waals surface area (Å²) >= 11 is 0. The molecule has 0 radical (unpaired) electrons. The second-order valence-corrected chi connectivity index (χ2v) is 6.30. The van der Waals surface area contributed by atoms with Crippen molar-refractivity contribution in [2.45, 2.75) is 18.8 Å². The highest BCUT2D eigenvalue weighted by Crippen LogP contribution is 2.52. The van der Waals surface area contributed by atoms with E-state index in [1.165, 1.54) is 22.3 Å². The van der Waals surface area contributed by atoms with Gasteiger partial charge >= 0.3 is 0 Å². The van der Waals surface area contributed by atoms with Gasteiger partial charge < -0.3 is 0 Å². The summed E-state index contributed by atoms with van der Waals surface area (Å²) < 4.78 is 0. The molecular formula is C22H20. The van der Waals surface area contributed by atoms with E-state index in [2.05, 4.69) is 91.9 Å². The largest absolute Gasteiger partial charge is 0.0622 e. The standard InChI is InChI=1S/C22H20/c1-17-16-18-10-8-9-15-21(18)22(17,19-11-4-2-5-12-19)20-13-6-3-7-14-20/h2-15,17H,16H2,1H3. The van der Waals surface area contributed by atoms with Crippen molar-refractivity contribution in [2.75, 3.05) is 0 Å². The smallest absolute Gasteiger partial charge is 0.0482 e. The first-order chi connectivity index (χ1) is 10.8. The number of fused-ring (bicyclic) bond motifs is 1. The first kappa shape index (κ1) is 13.3. The molecule has 0 aliphatic heterocycles. The predicted molar refractivity (Wildman–Crippen MR) is 92.1 cm³/mol. The minimum Gasteiger partial charge on any atom is -0.0622 e. The lowest BCUT2D eigenvalue weighted by Gasteiger charge is -2.36. The molecule has 1 aliphatic rings. The van der Waals surface area contributed by atoms with E-state index in [1.54, 1.807) is 0 Å². The first-order valence-electron chi connectivity index (χ1n) is 8.03. The van der Waals surface area contributed by atoms with Crippen LogP contribution in [0.2, 0.25) is 0 Å². The molecule has 0 heteroatoms. The highest BCUT2D eigenvalue weighted by atomic mass is 14.5. The summed E-state index contributed by atoms with van der Waals surface area (Å²) in [4.78, 5) is 0. The molecule has 1 unspecified atom stereocenters. The van der Waals surface area contributed by atoms with Gasteiger partial charge in [0.1, 0.15) is 0 Å². The zero-order chi connectivity index (χ0) is 15.0. The molecule has 22 heavy (non-hydrogen) atoms. The Morgan fingerprint density at radius 1 is 0.682 bits per heavy atom. The Balaban J connectivity index is 2.07. The van der Waals surface area contributed by atoms with Crippen LogP contribution in [0.5, 0.6) is 0 Å². The highest BCUT2D eigenvalue weighted by Gasteiger charge is 2.46. The number of hydrogen-bond acceptors (Lipinski definition) is 0. The summed E-state index contributed by atoms with van der Waals surface area (Å²) in [5, 5.41) is 0. The summed E-state index contributed by atoms with van der Waals surface area (Å²) in [6.45, 7) is 2.39. The van der Waals surface area contributed by atoms with Gasteiger partial charge in [0, 0.05) is 5.41 Å². The second-order valence-electron chi connectivity index (χ2n) is 6.30. The zero-order valence-corrected chi connectivity index (χ0v) is 12.9. The molecule has 0 heterocycles. The first-order valence-corrected chi connectivity index (χ1v) is 8.03. The van der Waals surface area contributed by atoms with Crippen LogP contribution in [-0.2, 0) is 11.8 Å². The number of rotatable bonds is 2. The van der Waals surface area contributed by atoms with Gasteiger partial charge in [0.05, 0.1) is 0 Å². The molecule has 0 bridgehead atoms. The lowest BCUT2D eigenvalue weighted by Crippen LogP contribution is -2.33. The maximum atomic E-state index is 2.39. The summed E-state index contributed by atoms with van der Waals surface area (Å²) in [6, 6.07) is 30.9. The van der Waals surface area contributed by atoms with Gasteiger partial charge in [-0.2, -0.15) is 0 Å². The third-order valence-electron chi connectivity index (χ3n) is 5.17. The molecule has 0 N–H and O–H groups in total. The molecule has 3 aromatic rings. The highest BCUT2D eigenvalue weighted by molar-refractivity contribution is 5.57. The van der Waals surface area contributed by atoms with E-state index in [0.717, 1.165) is 6.42 Å². The van der Waals surface area contributed by atoms with Crippen molar-refractivity contribution >= 4 is 0 Å². The Morgan fingerprint density at radius 3 is 1.77 bits per heavy atom. The van der Waals surface area contributed by atoms with E-state index in [4.69, 9.17) is 0 Å². The Bertz CT molecular complexity index is 732. The third kappa shape index (κ3) is 1.77. The van der Waals surface area contributed by atoms with Crippen molar-refractivity contribution < 1.29 is 0 Å². The van der Waals surface area contributed by atoms with Crippen molar-refractivity contribution in [1.82, 2.24) is 0 Å². The van der Waals surface area contributed by atoms with Crippen LogP contribution in [0.4, 0.5) is 0 Å². The molecule has 4 rings (SSSR count). The third-order valence-corrected chi connectivity index (χ3v) is 5.17. The molecule has 1 aliphatic carbocycles. The number of benzene rings is 3. The molecule has 0 nitrogen and oxygen atoms in total. The molecule has 0 fully saturated rings. The fraction of sp³-hybridized carbons (Fsp3) is 0.182. The molecule has 1 atom stereocenters. The Morgan fingerprint density at radius 2 is 1.18 bits per heavy atom. The maximum absolute atomic E-state index is 2.39. The monoisotopic (exact) mass is 284 g/mol. The molecule has 0 aromatic heterocycles. The van der Waals surface area contributed by atoms with Gasteiger partial charge in [0.25, 0.3) is 0 Å². The van der Waals surface area contributed by atoms with Crippen molar-refractivity contribution in [3.05, 3.63) is 107 Å². The lowest BCUT2D eigenvalue weighted by molar-refractivity contribution is 0.442. The van der Waals surface area contributed by atoms with Crippen LogP contribution in [0.25, 0.3) is 0 Å². The van der Waals surface area contributed by atoms with Crippen LogP contribution in [0.15, 0.2) is 84.9 Å². The lowest BCUT2D eigenvalue weighted by atomic mass is 9.66. The van der Waals surface area contributed by atoms with Gasteiger partial charge in [-0.3, -0.25) is 0 Å². The van der Waals surface area contributed by atoms with Gasteiger partial charge in [-0.05, 0) is 34.6 Å². The van der Waals surface area contributed by atoms with E-state index in [9.17, 15) is 0 Å². The van der Waals surface area contributed by atoms with E-state index in [0.29, 0.717) is 5.92 Å². The summed E-state index contributed by atoms with van der Waals surface area (Å²) in [7, 11) is 0. The van der Waals surface area contributed by atoms with Crippen LogP contribution in [0, 0.1) is 5.92 Å². The van der Waals surface area contributed by atoms with Crippen molar-refractivity contribution in [3.8, 4) is 0 Å². The van der Waals surface area contributed by atoms with Gasteiger partial charge in [-0.1, -0.05) is 91.9 Å². The average Bonchev–Trinajstić information content (AvgIpc) is 2.89. The van der Waals surface area contributed by atoms with Gasteiger partial charge in [0.2, 0.25) is 0 Å². The molecule has 0 saturated heterocycles. The quantitative estimate of drug-likeness (QED) is 0.605. The van der Waals surface area contributed by atoms with E-state index in [1.807, 2.05) is 0 Å². The second kappa shape index (κ2) is 5.14. The van der Waals surface area contributed by atoms with Crippen LogP contribution in [-0.4, -0.2) is 0 Å². The van der Waals surface area contributed by atoms with Crippen LogP contribution in [0.3, 0.4) is 0 Å². The number of hydrogen-bond donors (Lipinski definition) is 0. The molecule has 0 saturated carbocycles. The summed E-state index contributed by atoms with van der Waals surface area (Å²) in [5.41, 5.74) is 5.74.